The molecule has 0 aliphatic carbocycles. The van der Waals surface area contributed by atoms with Gasteiger partial charge >= 0.3 is 11.9 Å². The topological polar surface area (TPSA) is 72.8 Å². The number of rotatable bonds is 6. The van der Waals surface area contributed by atoms with Gasteiger partial charge in [0.25, 0.3) is 0 Å². The van der Waals surface area contributed by atoms with Gasteiger partial charge < -0.3 is 14.6 Å². The van der Waals surface area contributed by atoms with E-state index in [0.29, 0.717) is 13.0 Å². The molecule has 0 spiro atoms. The van der Waals surface area contributed by atoms with Crippen LogP contribution in [0.15, 0.2) is 0 Å². The first kappa shape index (κ1) is 12.9. The van der Waals surface area contributed by atoms with Gasteiger partial charge in [-0.2, -0.15) is 0 Å². The van der Waals surface area contributed by atoms with E-state index in [9.17, 15) is 9.59 Å². The Morgan fingerprint density at radius 2 is 1.93 bits per heavy atom. The van der Waals surface area contributed by atoms with Crippen LogP contribution in [0.1, 0.15) is 19.8 Å². The zero-order valence-electron chi connectivity index (χ0n) is 8.70. The molecule has 0 aliphatic heterocycles. The molecule has 0 amide bonds. The van der Waals surface area contributed by atoms with Crippen LogP contribution in [0.4, 0.5) is 0 Å². The minimum atomic E-state index is -1.46. The summed E-state index contributed by atoms with van der Waals surface area (Å²) in [6, 6.07) is 0. The molecule has 0 aromatic heterocycles. The quantitative estimate of drug-likeness (QED) is 0.391. The van der Waals surface area contributed by atoms with Gasteiger partial charge in [-0.3, -0.25) is 9.59 Å². The fraction of sp³-hybridized carbons (Fsp3) is 0.778. The molecule has 0 fully saturated rings. The van der Waals surface area contributed by atoms with Crippen LogP contribution >= 0.6 is 0 Å². The van der Waals surface area contributed by atoms with E-state index in [2.05, 4.69) is 4.74 Å². The lowest BCUT2D eigenvalue weighted by atomic mass is 9.86. The lowest BCUT2D eigenvalue weighted by Gasteiger charge is -2.21. The maximum atomic E-state index is 11.2. The summed E-state index contributed by atoms with van der Waals surface area (Å²) < 4.78 is 9.23. The Labute approximate surface area is 83.0 Å². The van der Waals surface area contributed by atoms with Crippen molar-refractivity contribution in [3.63, 3.8) is 0 Å². The number of methoxy groups -OCH3 is 2. The number of carbonyl (C=O) groups is 2. The van der Waals surface area contributed by atoms with Gasteiger partial charge in [0.2, 0.25) is 0 Å². The SMILES string of the molecule is COCCCC(C)(C(=O)O)C(=O)OC. The summed E-state index contributed by atoms with van der Waals surface area (Å²) in [7, 11) is 2.70. The van der Waals surface area contributed by atoms with Crippen LogP contribution < -0.4 is 0 Å². The number of ether oxygens (including phenoxy) is 2. The molecule has 1 atom stereocenters. The van der Waals surface area contributed by atoms with Crippen molar-refractivity contribution in [1.82, 2.24) is 0 Å². The predicted octanol–water partition coefficient (Wildman–Crippen LogP) is 0.677. The van der Waals surface area contributed by atoms with Crippen molar-refractivity contribution in [3.05, 3.63) is 0 Å². The first-order valence-electron chi connectivity index (χ1n) is 4.29. The third-order valence-electron chi connectivity index (χ3n) is 2.13. The molecule has 0 rings (SSSR count). The molecule has 5 heteroatoms. The monoisotopic (exact) mass is 204 g/mol. The van der Waals surface area contributed by atoms with Crippen molar-refractivity contribution >= 4 is 11.9 Å². The lowest BCUT2D eigenvalue weighted by Crippen LogP contribution is -2.37. The molecule has 0 aromatic carbocycles. The van der Waals surface area contributed by atoms with Gasteiger partial charge in [0.05, 0.1) is 7.11 Å². The average Bonchev–Trinajstić information content (AvgIpc) is 2.16. The molecular weight excluding hydrogens is 188 g/mol. The van der Waals surface area contributed by atoms with Gasteiger partial charge in [0.15, 0.2) is 5.41 Å². The molecule has 1 N–H and O–H groups in total. The Balaban J connectivity index is 4.40. The zero-order valence-corrected chi connectivity index (χ0v) is 8.70. The molecule has 0 heterocycles. The van der Waals surface area contributed by atoms with Gasteiger partial charge in [-0.15, -0.1) is 0 Å². The molecule has 0 radical (unpaired) electrons. The number of carboxylic acids is 1. The van der Waals surface area contributed by atoms with E-state index >= 15 is 0 Å². The molecule has 0 aromatic rings. The van der Waals surface area contributed by atoms with Crippen molar-refractivity contribution in [2.24, 2.45) is 5.41 Å². The summed E-state index contributed by atoms with van der Waals surface area (Å²) in [5.41, 5.74) is -1.46. The maximum absolute atomic E-state index is 11.2. The largest absolute Gasteiger partial charge is 0.480 e. The lowest BCUT2D eigenvalue weighted by molar-refractivity contribution is -0.166. The zero-order chi connectivity index (χ0) is 11.2. The molecule has 0 bridgehead atoms. The number of carboxylic acid groups (broad SMARTS) is 1. The molecule has 0 aliphatic rings. The molecule has 5 nitrogen and oxygen atoms in total. The molecular formula is C9H16O5. The van der Waals surface area contributed by atoms with Crippen molar-refractivity contribution in [3.8, 4) is 0 Å². The van der Waals surface area contributed by atoms with Crippen LogP contribution in [0, 0.1) is 5.41 Å². The standard InChI is InChI=1S/C9H16O5/c1-9(7(10)11,8(12)14-3)5-4-6-13-2/h4-6H2,1-3H3,(H,10,11). The Morgan fingerprint density at radius 3 is 2.29 bits per heavy atom. The first-order valence-corrected chi connectivity index (χ1v) is 4.29. The number of esters is 1. The van der Waals surface area contributed by atoms with Gasteiger partial charge in [-0.05, 0) is 19.8 Å². The average molecular weight is 204 g/mol. The van der Waals surface area contributed by atoms with Crippen molar-refractivity contribution in [1.29, 1.82) is 0 Å². The van der Waals surface area contributed by atoms with E-state index in [0.717, 1.165) is 0 Å². The highest BCUT2D eigenvalue weighted by Crippen LogP contribution is 2.25. The maximum Gasteiger partial charge on any atom is 0.322 e. The molecule has 0 saturated heterocycles. The first-order chi connectivity index (χ1) is 6.49. The number of aliphatic carboxylic acids is 1. The van der Waals surface area contributed by atoms with Crippen molar-refractivity contribution in [2.45, 2.75) is 19.8 Å². The smallest absolute Gasteiger partial charge is 0.322 e. The Hall–Kier alpha value is -1.10. The minimum absolute atomic E-state index is 0.211. The Kier molecular flexibility index (Phi) is 5.15. The second kappa shape index (κ2) is 5.59. The molecule has 82 valence electrons. The number of hydrogen-bond donors (Lipinski definition) is 1. The number of carbonyl (C=O) groups excluding carboxylic acids is 1. The van der Waals surface area contributed by atoms with Gasteiger partial charge in [-0.1, -0.05) is 0 Å². The van der Waals surface area contributed by atoms with E-state index in [1.54, 1.807) is 0 Å². The summed E-state index contributed by atoms with van der Waals surface area (Å²) in [4.78, 5) is 22.1. The summed E-state index contributed by atoms with van der Waals surface area (Å²) in [5, 5.41) is 8.89. The Bertz CT molecular complexity index is 213. The summed E-state index contributed by atoms with van der Waals surface area (Å²) in [5.74, 6) is -1.89. The second-order valence-corrected chi connectivity index (χ2v) is 3.23. The summed E-state index contributed by atoms with van der Waals surface area (Å²) >= 11 is 0. The highest BCUT2D eigenvalue weighted by atomic mass is 16.5. The van der Waals surface area contributed by atoms with Crippen LogP contribution in [0.25, 0.3) is 0 Å². The minimum Gasteiger partial charge on any atom is -0.480 e. The van der Waals surface area contributed by atoms with Gasteiger partial charge in [-0.25, -0.2) is 0 Å². The fourth-order valence-electron chi connectivity index (χ4n) is 1.09. The van der Waals surface area contributed by atoms with Crippen LogP contribution in [-0.4, -0.2) is 37.9 Å². The van der Waals surface area contributed by atoms with Crippen LogP contribution in [0.5, 0.6) is 0 Å². The van der Waals surface area contributed by atoms with Gasteiger partial charge in [0.1, 0.15) is 0 Å². The highest BCUT2D eigenvalue weighted by molar-refractivity contribution is 5.98. The molecule has 14 heavy (non-hydrogen) atoms. The van der Waals surface area contributed by atoms with Crippen molar-refractivity contribution < 1.29 is 24.2 Å². The van der Waals surface area contributed by atoms with Crippen LogP contribution in [0.2, 0.25) is 0 Å². The van der Waals surface area contributed by atoms with E-state index in [-0.39, 0.29) is 6.42 Å². The van der Waals surface area contributed by atoms with Crippen LogP contribution in [0.3, 0.4) is 0 Å². The molecule has 0 saturated carbocycles. The molecule has 1 unspecified atom stereocenters. The third-order valence-corrected chi connectivity index (χ3v) is 2.13. The van der Waals surface area contributed by atoms with E-state index < -0.39 is 17.4 Å². The van der Waals surface area contributed by atoms with Crippen LogP contribution in [-0.2, 0) is 19.1 Å². The second-order valence-electron chi connectivity index (χ2n) is 3.23. The Morgan fingerprint density at radius 1 is 1.36 bits per heavy atom. The summed E-state index contributed by atoms with van der Waals surface area (Å²) in [6.45, 7) is 1.79. The number of hydrogen-bond acceptors (Lipinski definition) is 4. The highest BCUT2D eigenvalue weighted by Gasteiger charge is 2.41. The normalized spacial score (nSPS) is 14.5. The fourth-order valence-corrected chi connectivity index (χ4v) is 1.09. The van der Waals surface area contributed by atoms with Gasteiger partial charge in [0, 0.05) is 13.7 Å². The van der Waals surface area contributed by atoms with E-state index in [4.69, 9.17) is 9.84 Å². The van der Waals surface area contributed by atoms with E-state index in [1.807, 2.05) is 0 Å². The van der Waals surface area contributed by atoms with Crippen molar-refractivity contribution in [2.75, 3.05) is 20.8 Å². The predicted molar refractivity (Wildman–Crippen MR) is 48.9 cm³/mol. The third kappa shape index (κ3) is 2.99. The van der Waals surface area contributed by atoms with E-state index in [1.165, 1.54) is 21.1 Å². The summed E-state index contributed by atoms with van der Waals surface area (Å²) in [6.07, 6.45) is 0.719.